The summed E-state index contributed by atoms with van der Waals surface area (Å²) in [5.41, 5.74) is 6.86. The summed E-state index contributed by atoms with van der Waals surface area (Å²) in [4.78, 5) is 11.9. The molecule has 0 bridgehead atoms. The van der Waals surface area contributed by atoms with E-state index in [9.17, 15) is 4.79 Å². The fourth-order valence-corrected chi connectivity index (χ4v) is 2.20. The number of anilines is 2. The second-order valence-corrected chi connectivity index (χ2v) is 5.63. The van der Waals surface area contributed by atoms with Crippen LogP contribution in [0.15, 0.2) is 46.9 Å². The summed E-state index contributed by atoms with van der Waals surface area (Å²) in [6, 6.07) is 12.4. The minimum atomic E-state index is -0.176. The highest BCUT2D eigenvalue weighted by Crippen LogP contribution is 2.26. The number of para-hydroxylation sites is 2. The van der Waals surface area contributed by atoms with Crippen molar-refractivity contribution in [3.05, 3.63) is 52.0 Å². The van der Waals surface area contributed by atoms with Gasteiger partial charge in [-0.05, 0) is 30.3 Å². The number of rotatable bonds is 5. The molecule has 110 valence electrons. The van der Waals surface area contributed by atoms with E-state index in [1.807, 2.05) is 12.1 Å². The van der Waals surface area contributed by atoms with Crippen LogP contribution in [0.4, 0.5) is 11.4 Å². The molecule has 2 rings (SSSR count). The lowest BCUT2D eigenvalue weighted by atomic mass is 10.3. The maximum atomic E-state index is 11.9. The third-order valence-corrected chi connectivity index (χ3v) is 3.53. The Morgan fingerprint density at radius 1 is 1.29 bits per heavy atom. The van der Waals surface area contributed by atoms with Gasteiger partial charge in [0.2, 0.25) is 5.91 Å². The van der Waals surface area contributed by atoms with Crippen molar-refractivity contribution in [2.45, 2.75) is 6.42 Å². The molecule has 0 aliphatic carbocycles. The van der Waals surface area contributed by atoms with Crippen LogP contribution in [0.3, 0.4) is 0 Å². The molecule has 4 nitrogen and oxygen atoms in total. The number of hydrogen-bond acceptors (Lipinski definition) is 3. The normalized spacial score (nSPS) is 10.2. The fraction of sp³-hybridized carbons (Fsp3) is 0.133. The summed E-state index contributed by atoms with van der Waals surface area (Å²) in [7, 11) is 0. The lowest BCUT2D eigenvalue weighted by molar-refractivity contribution is -0.116. The van der Waals surface area contributed by atoms with Crippen LogP contribution < -0.4 is 15.8 Å². The zero-order chi connectivity index (χ0) is 15.2. The first-order chi connectivity index (χ1) is 10.1. The lowest BCUT2D eigenvalue weighted by Gasteiger charge is -2.10. The molecule has 0 saturated heterocycles. The molecule has 0 aromatic heterocycles. The monoisotopic (exact) mass is 368 g/mol. The average molecular weight is 370 g/mol. The molecule has 0 spiro atoms. The van der Waals surface area contributed by atoms with Crippen LogP contribution >= 0.6 is 27.5 Å². The summed E-state index contributed by atoms with van der Waals surface area (Å²) in [5, 5.41) is 3.23. The van der Waals surface area contributed by atoms with Crippen molar-refractivity contribution in [3.63, 3.8) is 0 Å². The number of hydrogen-bond donors (Lipinski definition) is 2. The van der Waals surface area contributed by atoms with E-state index in [0.29, 0.717) is 22.1 Å². The molecule has 6 heteroatoms. The van der Waals surface area contributed by atoms with Gasteiger partial charge in [0.1, 0.15) is 5.75 Å². The molecule has 21 heavy (non-hydrogen) atoms. The number of benzene rings is 2. The zero-order valence-electron chi connectivity index (χ0n) is 11.1. The summed E-state index contributed by atoms with van der Waals surface area (Å²) in [6.07, 6.45) is 0.206. The van der Waals surface area contributed by atoms with Crippen molar-refractivity contribution in [3.8, 4) is 5.75 Å². The smallest absolute Gasteiger partial charge is 0.227 e. The Hall–Kier alpha value is -1.72. The number of nitrogens with one attached hydrogen (secondary N) is 1. The molecule has 0 heterocycles. The lowest BCUT2D eigenvalue weighted by Crippen LogP contribution is -2.15. The van der Waals surface area contributed by atoms with E-state index < -0.39 is 0 Å². The Labute approximate surface area is 136 Å². The number of nitrogens with two attached hydrogens (primary N) is 1. The number of nitrogen functional groups attached to an aromatic ring is 1. The maximum absolute atomic E-state index is 11.9. The van der Waals surface area contributed by atoms with Gasteiger partial charge in [-0.2, -0.15) is 0 Å². The molecule has 0 saturated carbocycles. The summed E-state index contributed by atoms with van der Waals surface area (Å²) >= 11 is 9.34. The molecular formula is C15H14BrClN2O2. The van der Waals surface area contributed by atoms with Crippen LogP contribution in [0.25, 0.3) is 0 Å². The van der Waals surface area contributed by atoms with Gasteiger partial charge in [-0.15, -0.1) is 0 Å². The molecule has 2 aromatic carbocycles. The Kier molecular flexibility index (Phi) is 5.47. The van der Waals surface area contributed by atoms with Crippen molar-refractivity contribution >= 4 is 44.8 Å². The van der Waals surface area contributed by atoms with Crippen molar-refractivity contribution in [1.82, 2.24) is 0 Å². The van der Waals surface area contributed by atoms with Gasteiger partial charge in [-0.3, -0.25) is 4.79 Å². The van der Waals surface area contributed by atoms with Crippen LogP contribution in [-0.4, -0.2) is 12.5 Å². The van der Waals surface area contributed by atoms with Crippen LogP contribution in [0.5, 0.6) is 5.75 Å². The molecule has 0 unspecified atom stereocenters. The minimum Gasteiger partial charge on any atom is -0.491 e. The van der Waals surface area contributed by atoms with Gasteiger partial charge in [0.25, 0.3) is 0 Å². The van der Waals surface area contributed by atoms with Gasteiger partial charge >= 0.3 is 0 Å². The van der Waals surface area contributed by atoms with E-state index in [4.69, 9.17) is 22.1 Å². The Balaban J connectivity index is 1.85. The third kappa shape index (κ3) is 4.65. The fourth-order valence-electron chi connectivity index (χ4n) is 1.67. The first kappa shape index (κ1) is 15.7. The molecule has 1 amide bonds. The summed E-state index contributed by atoms with van der Waals surface area (Å²) in [5.74, 6) is 0.398. The van der Waals surface area contributed by atoms with E-state index in [2.05, 4.69) is 21.2 Å². The second kappa shape index (κ2) is 7.33. The molecule has 0 aliphatic rings. The number of carbonyl (C=O) groups is 1. The highest BCUT2D eigenvalue weighted by atomic mass is 79.9. The van der Waals surface area contributed by atoms with Gasteiger partial charge in [0.05, 0.1) is 29.4 Å². The predicted octanol–water partition coefficient (Wildman–Crippen LogP) is 4.09. The van der Waals surface area contributed by atoms with E-state index >= 15 is 0 Å². The molecule has 3 N–H and O–H groups in total. The van der Waals surface area contributed by atoms with E-state index in [1.54, 1.807) is 30.3 Å². The maximum Gasteiger partial charge on any atom is 0.227 e. The highest BCUT2D eigenvalue weighted by Gasteiger charge is 2.07. The Morgan fingerprint density at radius 3 is 2.81 bits per heavy atom. The number of amides is 1. The molecule has 0 aliphatic heterocycles. The van der Waals surface area contributed by atoms with E-state index in [1.165, 1.54) is 0 Å². The highest BCUT2D eigenvalue weighted by molar-refractivity contribution is 9.10. The van der Waals surface area contributed by atoms with Gasteiger partial charge in [-0.25, -0.2) is 0 Å². The zero-order valence-corrected chi connectivity index (χ0v) is 13.4. The van der Waals surface area contributed by atoms with Crippen molar-refractivity contribution in [1.29, 1.82) is 0 Å². The number of halogens is 2. The average Bonchev–Trinajstić information content (AvgIpc) is 2.45. The quantitative estimate of drug-likeness (QED) is 0.780. The molecule has 0 atom stereocenters. The topological polar surface area (TPSA) is 64.3 Å². The van der Waals surface area contributed by atoms with E-state index in [0.717, 1.165) is 4.47 Å². The molecule has 0 radical (unpaired) electrons. The van der Waals surface area contributed by atoms with Gasteiger partial charge < -0.3 is 15.8 Å². The molecular weight excluding hydrogens is 356 g/mol. The largest absolute Gasteiger partial charge is 0.491 e. The van der Waals surface area contributed by atoms with Crippen molar-refractivity contribution in [2.75, 3.05) is 17.7 Å². The van der Waals surface area contributed by atoms with Crippen LogP contribution in [0, 0.1) is 0 Å². The van der Waals surface area contributed by atoms with Gasteiger partial charge in [0.15, 0.2) is 0 Å². The predicted molar refractivity (Wildman–Crippen MR) is 88.7 cm³/mol. The first-order valence-corrected chi connectivity index (χ1v) is 7.45. The summed E-state index contributed by atoms with van der Waals surface area (Å²) in [6.45, 7) is 0.242. The number of ether oxygens (including phenoxy) is 1. The standard InChI is InChI=1S/C15H14BrClN2O2/c16-10-5-6-11(17)13(9-10)19-15(20)7-8-21-14-4-2-1-3-12(14)18/h1-6,9H,7-8,18H2,(H,19,20). The third-order valence-electron chi connectivity index (χ3n) is 2.71. The van der Waals surface area contributed by atoms with Gasteiger partial charge in [-0.1, -0.05) is 39.7 Å². The first-order valence-electron chi connectivity index (χ1n) is 6.28. The Bertz CT molecular complexity index is 649. The van der Waals surface area contributed by atoms with Gasteiger partial charge in [0, 0.05) is 4.47 Å². The Morgan fingerprint density at radius 2 is 2.05 bits per heavy atom. The minimum absolute atomic E-state index is 0.176. The van der Waals surface area contributed by atoms with Crippen LogP contribution in [0.1, 0.15) is 6.42 Å². The SMILES string of the molecule is Nc1ccccc1OCCC(=O)Nc1cc(Br)ccc1Cl. The summed E-state index contributed by atoms with van der Waals surface area (Å²) < 4.78 is 6.31. The van der Waals surface area contributed by atoms with E-state index in [-0.39, 0.29) is 18.9 Å². The molecule has 2 aromatic rings. The van der Waals surface area contributed by atoms with Crippen molar-refractivity contribution < 1.29 is 9.53 Å². The van der Waals surface area contributed by atoms with Crippen molar-refractivity contribution in [2.24, 2.45) is 0 Å². The molecule has 0 fully saturated rings. The second-order valence-electron chi connectivity index (χ2n) is 4.31. The van der Waals surface area contributed by atoms with Crippen LogP contribution in [-0.2, 0) is 4.79 Å². The van der Waals surface area contributed by atoms with Crippen LogP contribution in [0.2, 0.25) is 5.02 Å². The number of carbonyl (C=O) groups excluding carboxylic acids is 1.